The van der Waals surface area contributed by atoms with Crippen LogP contribution >= 0.6 is 11.6 Å². The van der Waals surface area contributed by atoms with Gasteiger partial charge in [0.15, 0.2) is 0 Å². The number of aromatic nitrogens is 4. The van der Waals surface area contributed by atoms with Gasteiger partial charge in [0.1, 0.15) is 11.5 Å². The Bertz CT molecular complexity index is 1390. The molecule has 1 N–H and O–H groups in total. The first kappa shape index (κ1) is 22.9. The van der Waals surface area contributed by atoms with E-state index in [1.165, 1.54) is 6.20 Å². The second kappa shape index (κ2) is 8.61. The molecule has 1 aromatic carbocycles. The monoisotopic (exact) mass is 481 g/mol. The van der Waals surface area contributed by atoms with E-state index in [1.807, 2.05) is 35.9 Å². The van der Waals surface area contributed by atoms with Gasteiger partial charge in [0.2, 0.25) is 0 Å². The number of nitrogens with one attached hydrogen (secondary N) is 1. The maximum Gasteiger partial charge on any atom is 0.261 e. The summed E-state index contributed by atoms with van der Waals surface area (Å²) in [5.74, 6) is 0.704. The summed E-state index contributed by atoms with van der Waals surface area (Å²) in [6.07, 6.45) is 6.51. The highest BCUT2D eigenvalue weighted by atomic mass is 35.5. The fraction of sp³-hybridized carbons (Fsp3) is 0.208. The minimum absolute atomic E-state index is 0.0776. The molecule has 170 valence electrons. The van der Waals surface area contributed by atoms with Crippen LogP contribution in [0.15, 0.2) is 72.1 Å². The van der Waals surface area contributed by atoms with Gasteiger partial charge in [0.05, 0.1) is 27.5 Å². The fourth-order valence-corrected chi connectivity index (χ4v) is 4.67. The van der Waals surface area contributed by atoms with Crippen molar-refractivity contribution in [3.8, 4) is 22.8 Å². The van der Waals surface area contributed by atoms with Crippen LogP contribution in [-0.4, -0.2) is 27.9 Å². The SMILES string of the molecule is Cn1c(-c2ncc(Cl)cc2NS(=O)(=O)c2ccc(C(C)(C)C)cc2)cnc1-c1ccncc1. The average molecular weight is 482 g/mol. The van der Waals surface area contributed by atoms with Gasteiger partial charge in [0, 0.05) is 31.2 Å². The molecular weight excluding hydrogens is 458 g/mol. The first-order valence-corrected chi connectivity index (χ1v) is 12.1. The molecule has 0 unspecified atom stereocenters. The number of halogens is 1. The number of benzene rings is 1. The molecule has 0 aliphatic carbocycles. The molecule has 9 heteroatoms. The van der Waals surface area contributed by atoms with Crippen molar-refractivity contribution in [2.45, 2.75) is 31.1 Å². The number of hydrogen-bond acceptors (Lipinski definition) is 5. The van der Waals surface area contributed by atoms with Crippen LogP contribution in [0, 0.1) is 0 Å². The maximum absolute atomic E-state index is 13.2. The van der Waals surface area contributed by atoms with Gasteiger partial charge in [-0.25, -0.2) is 13.4 Å². The molecular formula is C24H24ClN5O2S. The first-order valence-electron chi connectivity index (χ1n) is 10.3. The van der Waals surface area contributed by atoms with E-state index in [-0.39, 0.29) is 16.0 Å². The van der Waals surface area contributed by atoms with E-state index in [4.69, 9.17) is 11.6 Å². The van der Waals surface area contributed by atoms with Crippen LogP contribution in [0.4, 0.5) is 5.69 Å². The molecule has 33 heavy (non-hydrogen) atoms. The summed E-state index contributed by atoms with van der Waals surface area (Å²) in [5, 5.41) is 0.316. The number of hydrogen-bond donors (Lipinski definition) is 1. The molecule has 0 saturated carbocycles. The summed E-state index contributed by atoms with van der Waals surface area (Å²) >= 11 is 6.16. The lowest BCUT2D eigenvalue weighted by Gasteiger charge is -2.19. The number of imidazole rings is 1. The zero-order chi connectivity index (χ0) is 23.8. The Morgan fingerprint density at radius 2 is 1.64 bits per heavy atom. The number of anilines is 1. The standard InChI is InChI=1S/C24H24ClN5O2S/c1-24(2,3)17-5-7-19(8-6-17)33(31,32)29-20-13-18(25)14-27-22(20)21-15-28-23(30(21)4)16-9-11-26-12-10-16/h5-15,29H,1-4H3. The molecule has 4 rings (SSSR count). The molecule has 0 aliphatic heterocycles. The third-order valence-electron chi connectivity index (χ3n) is 5.30. The molecule has 0 bridgehead atoms. The lowest BCUT2D eigenvalue weighted by Crippen LogP contribution is -2.16. The molecule has 0 aliphatic rings. The van der Waals surface area contributed by atoms with E-state index in [0.29, 0.717) is 22.2 Å². The molecule has 3 heterocycles. The predicted molar refractivity (Wildman–Crippen MR) is 131 cm³/mol. The van der Waals surface area contributed by atoms with Gasteiger partial charge in [-0.1, -0.05) is 44.5 Å². The summed E-state index contributed by atoms with van der Waals surface area (Å²) in [6.45, 7) is 6.23. The zero-order valence-electron chi connectivity index (χ0n) is 18.7. The zero-order valence-corrected chi connectivity index (χ0v) is 20.3. The van der Waals surface area contributed by atoms with E-state index in [0.717, 1.165) is 11.1 Å². The van der Waals surface area contributed by atoms with Crippen LogP contribution in [0.2, 0.25) is 5.02 Å². The second-order valence-corrected chi connectivity index (χ2v) is 10.8. The van der Waals surface area contributed by atoms with E-state index in [9.17, 15) is 8.42 Å². The van der Waals surface area contributed by atoms with E-state index < -0.39 is 10.0 Å². The highest BCUT2D eigenvalue weighted by Crippen LogP contribution is 2.32. The van der Waals surface area contributed by atoms with Gasteiger partial charge in [-0.15, -0.1) is 0 Å². The normalized spacial score (nSPS) is 12.0. The van der Waals surface area contributed by atoms with Gasteiger partial charge >= 0.3 is 0 Å². The number of rotatable bonds is 5. The van der Waals surface area contributed by atoms with E-state index in [1.54, 1.807) is 36.8 Å². The summed E-state index contributed by atoms with van der Waals surface area (Å²) in [6, 6.07) is 12.1. The molecule has 0 saturated heterocycles. The van der Waals surface area contributed by atoms with Crippen LogP contribution in [-0.2, 0) is 22.5 Å². The lowest BCUT2D eigenvalue weighted by molar-refractivity contribution is 0.587. The molecule has 0 atom stereocenters. The fourth-order valence-electron chi connectivity index (χ4n) is 3.46. The van der Waals surface area contributed by atoms with Crippen LogP contribution in [0.1, 0.15) is 26.3 Å². The van der Waals surface area contributed by atoms with Crippen LogP contribution in [0.3, 0.4) is 0 Å². The van der Waals surface area contributed by atoms with Crippen LogP contribution in [0.25, 0.3) is 22.8 Å². The van der Waals surface area contributed by atoms with Crippen molar-refractivity contribution in [1.82, 2.24) is 19.5 Å². The van der Waals surface area contributed by atoms with Crippen molar-refractivity contribution in [3.63, 3.8) is 0 Å². The average Bonchev–Trinajstić information content (AvgIpc) is 3.15. The Hall–Kier alpha value is -3.23. The van der Waals surface area contributed by atoms with Crippen molar-refractivity contribution in [3.05, 3.63) is 77.8 Å². The van der Waals surface area contributed by atoms with Crippen molar-refractivity contribution in [2.24, 2.45) is 7.05 Å². The first-order chi connectivity index (χ1) is 15.6. The molecule has 7 nitrogen and oxygen atoms in total. The minimum atomic E-state index is -3.87. The van der Waals surface area contributed by atoms with Crippen molar-refractivity contribution in [1.29, 1.82) is 0 Å². The summed E-state index contributed by atoms with van der Waals surface area (Å²) in [7, 11) is -2.02. The molecule has 0 fully saturated rings. The third-order valence-corrected chi connectivity index (χ3v) is 6.89. The number of nitrogens with zero attached hydrogens (tertiary/aromatic N) is 4. The maximum atomic E-state index is 13.2. The Morgan fingerprint density at radius 3 is 2.27 bits per heavy atom. The van der Waals surface area contributed by atoms with Gasteiger partial charge in [0.25, 0.3) is 10.0 Å². The topological polar surface area (TPSA) is 89.8 Å². The quantitative estimate of drug-likeness (QED) is 0.418. The van der Waals surface area contributed by atoms with Crippen LogP contribution < -0.4 is 4.72 Å². The highest BCUT2D eigenvalue weighted by molar-refractivity contribution is 7.92. The Kier molecular flexibility index (Phi) is 5.99. The second-order valence-electron chi connectivity index (χ2n) is 8.69. The number of sulfonamides is 1. The molecule has 0 spiro atoms. The van der Waals surface area contributed by atoms with Crippen molar-refractivity contribution >= 4 is 27.3 Å². The number of pyridine rings is 2. The predicted octanol–water partition coefficient (Wildman–Crippen LogP) is 5.30. The van der Waals surface area contributed by atoms with E-state index in [2.05, 4.69) is 40.4 Å². The smallest absolute Gasteiger partial charge is 0.261 e. The van der Waals surface area contributed by atoms with Gasteiger partial charge in [-0.2, -0.15) is 0 Å². The summed E-state index contributed by atoms with van der Waals surface area (Å²) < 4.78 is 30.8. The van der Waals surface area contributed by atoms with Crippen LogP contribution in [0.5, 0.6) is 0 Å². The molecule has 0 radical (unpaired) electrons. The third kappa shape index (κ3) is 4.77. The molecule has 4 aromatic rings. The molecule has 0 amide bonds. The Morgan fingerprint density at radius 1 is 0.970 bits per heavy atom. The van der Waals surface area contributed by atoms with Crippen molar-refractivity contribution in [2.75, 3.05) is 4.72 Å². The lowest BCUT2D eigenvalue weighted by atomic mass is 9.87. The van der Waals surface area contributed by atoms with Gasteiger partial charge in [-0.05, 0) is 41.3 Å². The van der Waals surface area contributed by atoms with Gasteiger partial charge in [-0.3, -0.25) is 14.7 Å². The highest BCUT2D eigenvalue weighted by Gasteiger charge is 2.22. The largest absolute Gasteiger partial charge is 0.326 e. The van der Waals surface area contributed by atoms with Crippen molar-refractivity contribution < 1.29 is 8.42 Å². The molecule has 3 aromatic heterocycles. The Balaban J connectivity index is 1.72. The minimum Gasteiger partial charge on any atom is -0.326 e. The summed E-state index contributed by atoms with van der Waals surface area (Å²) in [5.41, 5.74) is 3.18. The Labute approximate surface area is 198 Å². The summed E-state index contributed by atoms with van der Waals surface area (Å²) in [4.78, 5) is 13.1. The van der Waals surface area contributed by atoms with E-state index >= 15 is 0 Å². The van der Waals surface area contributed by atoms with Gasteiger partial charge < -0.3 is 4.57 Å².